The van der Waals surface area contributed by atoms with Crippen LogP contribution in [0.4, 0.5) is 10.5 Å². The van der Waals surface area contributed by atoms with Gasteiger partial charge >= 0.3 is 6.03 Å². The van der Waals surface area contributed by atoms with Crippen molar-refractivity contribution in [1.29, 1.82) is 0 Å². The third-order valence-corrected chi connectivity index (χ3v) is 5.26. The van der Waals surface area contributed by atoms with Gasteiger partial charge in [0.2, 0.25) is 0 Å². The van der Waals surface area contributed by atoms with Gasteiger partial charge in [-0.2, -0.15) is 0 Å². The average molecular weight is 417 g/mol. The van der Waals surface area contributed by atoms with Gasteiger partial charge in [-0.05, 0) is 59.8 Å². The predicted octanol–water partition coefficient (Wildman–Crippen LogP) is 3.96. The van der Waals surface area contributed by atoms with Crippen LogP contribution in [0.2, 0.25) is 0 Å². The zero-order valence-electron chi connectivity index (χ0n) is 11.7. The van der Waals surface area contributed by atoms with E-state index in [4.69, 9.17) is 0 Å². The molecule has 2 N–H and O–H groups in total. The minimum atomic E-state index is -0.122. The molecule has 0 atom stereocenters. The number of rotatable bonds is 3. The van der Waals surface area contributed by atoms with E-state index in [1.54, 1.807) is 0 Å². The molecule has 114 valence electrons. The van der Waals surface area contributed by atoms with Gasteiger partial charge in [0.25, 0.3) is 0 Å². The number of hydrogen-bond acceptors (Lipinski definition) is 2. The smallest absolute Gasteiger partial charge is 0.319 e. The lowest BCUT2D eigenvalue weighted by Crippen LogP contribution is -2.46. The second-order valence-corrected chi connectivity index (χ2v) is 7.53. The Morgan fingerprint density at radius 2 is 1.86 bits per heavy atom. The van der Waals surface area contributed by atoms with Gasteiger partial charge in [0.1, 0.15) is 0 Å². The maximum atomic E-state index is 12.1. The molecular weight excluding hydrogens is 398 g/mol. The van der Waals surface area contributed by atoms with Gasteiger partial charge in [-0.1, -0.05) is 15.9 Å². The first-order valence-corrected chi connectivity index (χ1v) is 8.97. The molecule has 6 heteroatoms. The Morgan fingerprint density at radius 3 is 2.48 bits per heavy atom. The van der Waals surface area contributed by atoms with Crippen molar-refractivity contribution in [2.45, 2.75) is 37.8 Å². The summed E-state index contributed by atoms with van der Waals surface area (Å²) in [5.74, 6) is 0. The molecule has 0 spiro atoms. The molecule has 0 unspecified atom stereocenters. The summed E-state index contributed by atoms with van der Waals surface area (Å²) in [6.45, 7) is 2.22. The van der Waals surface area contributed by atoms with Gasteiger partial charge in [0.15, 0.2) is 0 Å². The summed E-state index contributed by atoms with van der Waals surface area (Å²) in [5.41, 5.74) is 0.783. The van der Waals surface area contributed by atoms with Crippen LogP contribution in [0.25, 0.3) is 0 Å². The predicted molar refractivity (Wildman–Crippen MR) is 91.6 cm³/mol. The minimum absolute atomic E-state index is 0.122. The zero-order chi connectivity index (χ0) is 14.8. The second-order valence-electron chi connectivity index (χ2n) is 5.76. The third kappa shape index (κ3) is 4.20. The molecule has 21 heavy (non-hydrogen) atoms. The van der Waals surface area contributed by atoms with Crippen molar-refractivity contribution in [1.82, 2.24) is 10.2 Å². The van der Waals surface area contributed by atoms with Crippen LogP contribution < -0.4 is 10.6 Å². The largest absolute Gasteiger partial charge is 0.335 e. The van der Waals surface area contributed by atoms with Crippen LogP contribution in [0.1, 0.15) is 25.7 Å². The number of nitrogens with zero attached hydrogens (tertiary/aromatic N) is 1. The highest BCUT2D eigenvalue weighted by atomic mass is 79.9. The highest BCUT2D eigenvalue weighted by molar-refractivity contribution is 9.11. The summed E-state index contributed by atoms with van der Waals surface area (Å²) in [6, 6.07) is 6.71. The average Bonchev–Trinajstić information content (AvgIpc) is 3.27. The molecule has 1 saturated carbocycles. The number of piperidine rings is 1. The first-order chi connectivity index (χ1) is 10.1. The molecule has 1 heterocycles. The van der Waals surface area contributed by atoms with E-state index < -0.39 is 0 Å². The second kappa shape index (κ2) is 6.67. The normalized spacial score (nSPS) is 20.3. The zero-order valence-corrected chi connectivity index (χ0v) is 14.9. The number of carbonyl (C=O) groups is 1. The Morgan fingerprint density at radius 1 is 1.14 bits per heavy atom. The van der Waals surface area contributed by atoms with Gasteiger partial charge in [0.05, 0.1) is 5.69 Å². The van der Waals surface area contributed by atoms with Crippen LogP contribution in [0.5, 0.6) is 0 Å². The number of hydrogen-bond donors (Lipinski definition) is 2. The minimum Gasteiger partial charge on any atom is -0.335 e. The van der Waals surface area contributed by atoms with Gasteiger partial charge in [-0.15, -0.1) is 0 Å². The number of nitrogens with one attached hydrogen (secondary N) is 2. The summed E-state index contributed by atoms with van der Waals surface area (Å²) in [6.07, 6.45) is 4.81. The van der Waals surface area contributed by atoms with E-state index in [1.165, 1.54) is 12.8 Å². The van der Waals surface area contributed by atoms with Gasteiger partial charge in [-0.3, -0.25) is 0 Å². The maximum absolute atomic E-state index is 12.1. The molecular formula is C15H19Br2N3O. The van der Waals surface area contributed by atoms with Crippen molar-refractivity contribution >= 4 is 43.6 Å². The molecule has 1 aromatic carbocycles. The third-order valence-electron chi connectivity index (χ3n) is 4.11. The number of carbonyl (C=O) groups excluding carboxylic acids is 1. The van der Waals surface area contributed by atoms with Gasteiger partial charge in [0, 0.05) is 34.1 Å². The lowest BCUT2D eigenvalue weighted by molar-refractivity contribution is 0.189. The maximum Gasteiger partial charge on any atom is 0.319 e. The van der Waals surface area contributed by atoms with E-state index in [0.717, 1.165) is 46.6 Å². The first kappa shape index (κ1) is 15.3. The van der Waals surface area contributed by atoms with Crippen molar-refractivity contribution in [3.05, 3.63) is 27.1 Å². The van der Waals surface area contributed by atoms with Gasteiger partial charge < -0.3 is 15.5 Å². The fourth-order valence-electron chi connectivity index (χ4n) is 2.78. The summed E-state index contributed by atoms with van der Waals surface area (Å²) in [4.78, 5) is 14.6. The monoisotopic (exact) mass is 415 g/mol. The Hall–Kier alpha value is -0.590. The Bertz CT molecular complexity index is 526. The molecule has 0 radical (unpaired) electrons. The quantitative estimate of drug-likeness (QED) is 0.783. The van der Waals surface area contributed by atoms with Crippen LogP contribution in [-0.4, -0.2) is 36.1 Å². The topological polar surface area (TPSA) is 44.4 Å². The molecule has 4 nitrogen and oxygen atoms in total. The van der Waals surface area contributed by atoms with E-state index in [1.807, 2.05) is 18.2 Å². The van der Waals surface area contributed by atoms with E-state index >= 15 is 0 Å². The molecule has 2 amide bonds. The highest BCUT2D eigenvalue weighted by Crippen LogP contribution is 2.29. The van der Waals surface area contributed by atoms with Crippen molar-refractivity contribution in [3.8, 4) is 0 Å². The fourth-order valence-corrected chi connectivity index (χ4v) is 3.93. The molecule has 1 aromatic rings. The summed E-state index contributed by atoms with van der Waals surface area (Å²) in [7, 11) is 0. The Kier molecular flexibility index (Phi) is 4.86. The van der Waals surface area contributed by atoms with Crippen molar-refractivity contribution in [3.63, 3.8) is 0 Å². The van der Waals surface area contributed by atoms with E-state index in [-0.39, 0.29) is 12.1 Å². The first-order valence-electron chi connectivity index (χ1n) is 7.38. The standard InChI is InChI=1S/C15H19Br2N3O/c16-10-1-4-14(13(17)9-10)19-15(21)18-11-5-7-20(8-6-11)12-2-3-12/h1,4,9,11-12H,2-3,5-8H2,(H2,18,19,21). The summed E-state index contributed by atoms with van der Waals surface area (Å²) < 4.78 is 1.85. The van der Waals surface area contributed by atoms with Crippen LogP contribution in [0.15, 0.2) is 27.1 Å². The SMILES string of the molecule is O=C(Nc1ccc(Br)cc1Br)NC1CCN(C2CC2)CC1. The van der Waals surface area contributed by atoms with E-state index in [2.05, 4.69) is 47.4 Å². The summed E-state index contributed by atoms with van der Waals surface area (Å²) >= 11 is 6.85. The number of urea groups is 1. The number of likely N-dealkylation sites (tertiary alicyclic amines) is 1. The number of halogens is 2. The van der Waals surface area contributed by atoms with Crippen LogP contribution in [-0.2, 0) is 0 Å². The molecule has 2 fully saturated rings. The lowest BCUT2D eigenvalue weighted by Gasteiger charge is -2.32. The molecule has 2 aliphatic rings. The lowest BCUT2D eigenvalue weighted by atomic mass is 10.1. The Balaban J connectivity index is 1.47. The highest BCUT2D eigenvalue weighted by Gasteiger charge is 2.32. The van der Waals surface area contributed by atoms with Crippen molar-refractivity contribution in [2.75, 3.05) is 18.4 Å². The van der Waals surface area contributed by atoms with Crippen molar-refractivity contribution in [2.24, 2.45) is 0 Å². The number of benzene rings is 1. The van der Waals surface area contributed by atoms with E-state index in [0.29, 0.717) is 0 Å². The number of amides is 2. The molecule has 3 rings (SSSR count). The molecule has 0 aromatic heterocycles. The van der Waals surface area contributed by atoms with Crippen LogP contribution in [0.3, 0.4) is 0 Å². The van der Waals surface area contributed by atoms with Crippen LogP contribution in [0, 0.1) is 0 Å². The fraction of sp³-hybridized carbons (Fsp3) is 0.533. The van der Waals surface area contributed by atoms with Gasteiger partial charge in [-0.25, -0.2) is 4.79 Å². The molecule has 1 aliphatic carbocycles. The van der Waals surface area contributed by atoms with Crippen molar-refractivity contribution < 1.29 is 4.79 Å². The number of anilines is 1. The Labute approximate surface area is 141 Å². The molecule has 1 saturated heterocycles. The molecule has 0 bridgehead atoms. The van der Waals surface area contributed by atoms with Crippen LogP contribution >= 0.6 is 31.9 Å². The molecule has 1 aliphatic heterocycles. The van der Waals surface area contributed by atoms with E-state index in [9.17, 15) is 4.79 Å². The summed E-state index contributed by atoms with van der Waals surface area (Å²) in [5, 5.41) is 5.98.